The smallest absolute Gasteiger partial charge is 0.231 e. The first-order valence-electron chi connectivity index (χ1n) is 13.7. The predicted octanol–water partition coefficient (Wildman–Crippen LogP) is 9.68. The second-order valence-electron chi connectivity index (χ2n) is 12.6. The van der Waals surface area contributed by atoms with Crippen molar-refractivity contribution in [1.82, 2.24) is 9.97 Å². The number of benzene rings is 4. The van der Waals surface area contributed by atoms with Gasteiger partial charge in [-0.05, 0) is 75.5 Å². The topological polar surface area (TPSA) is 59.2 Å². The van der Waals surface area contributed by atoms with Crippen LogP contribution in [0.2, 0.25) is 0 Å². The van der Waals surface area contributed by atoms with Gasteiger partial charge in [-0.25, -0.2) is 4.98 Å². The molecule has 0 aliphatic heterocycles. The van der Waals surface area contributed by atoms with Crippen molar-refractivity contribution >= 4 is 22.0 Å². The maximum Gasteiger partial charge on any atom is 0.231 e. The van der Waals surface area contributed by atoms with Crippen LogP contribution in [-0.2, 0) is 10.8 Å². The maximum atomic E-state index is 10.4. The number of pyridine rings is 1. The third-order valence-corrected chi connectivity index (χ3v) is 7.55. The molecule has 6 rings (SSSR count). The van der Waals surface area contributed by atoms with E-state index in [9.17, 15) is 5.11 Å². The van der Waals surface area contributed by atoms with E-state index in [1.165, 1.54) is 11.1 Å². The van der Waals surface area contributed by atoms with Crippen LogP contribution in [0.5, 0.6) is 5.75 Å². The summed E-state index contributed by atoms with van der Waals surface area (Å²) in [6.45, 7) is 13.5. The Labute approximate surface area is 235 Å². The van der Waals surface area contributed by atoms with Gasteiger partial charge in [-0.2, -0.15) is 0 Å². The van der Waals surface area contributed by atoms with Gasteiger partial charge in [0.05, 0.1) is 11.1 Å². The molecular formula is C36H34N2O2. The van der Waals surface area contributed by atoms with E-state index in [-0.39, 0.29) is 16.6 Å². The van der Waals surface area contributed by atoms with Crippen LogP contribution in [0.3, 0.4) is 0 Å². The van der Waals surface area contributed by atoms with Gasteiger partial charge in [0.2, 0.25) is 5.89 Å². The SMILES string of the molecule is CC(C)(C)c1cc(-c2cc(C(C)(C)C)cc3cccnc23)cc(-c2cccc3oc(-c4ccccc4O)nc23)c1. The number of hydrogen-bond acceptors (Lipinski definition) is 4. The molecule has 0 spiro atoms. The Balaban J connectivity index is 1.61. The first-order chi connectivity index (χ1) is 19.0. The Kier molecular flexibility index (Phi) is 6.03. The molecule has 40 heavy (non-hydrogen) atoms. The number of rotatable bonds is 3. The van der Waals surface area contributed by atoms with Crippen LogP contribution in [-0.4, -0.2) is 15.1 Å². The number of fused-ring (bicyclic) bond motifs is 2. The quantitative estimate of drug-likeness (QED) is 0.249. The van der Waals surface area contributed by atoms with Crippen molar-refractivity contribution < 1.29 is 9.52 Å². The van der Waals surface area contributed by atoms with E-state index in [1.54, 1.807) is 12.1 Å². The van der Waals surface area contributed by atoms with Crippen LogP contribution in [0.15, 0.2) is 95.5 Å². The molecule has 0 amide bonds. The highest BCUT2D eigenvalue weighted by Crippen LogP contribution is 2.40. The number of phenols is 1. The van der Waals surface area contributed by atoms with Crippen LogP contribution in [0, 0.1) is 0 Å². The molecule has 2 heterocycles. The molecule has 0 aliphatic rings. The number of aromatic hydroxyl groups is 1. The molecule has 4 nitrogen and oxygen atoms in total. The summed E-state index contributed by atoms with van der Waals surface area (Å²) in [4.78, 5) is 9.69. The third kappa shape index (κ3) is 4.64. The molecule has 0 aliphatic carbocycles. The Bertz CT molecular complexity index is 1880. The van der Waals surface area contributed by atoms with Gasteiger partial charge in [0.15, 0.2) is 5.58 Å². The van der Waals surface area contributed by atoms with Crippen molar-refractivity contribution in [3.05, 3.63) is 102 Å². The first kappa shape index (κ1) is 25.8. The fraction of sp³-hybridized carbons (Fsp3) is 0.222. The molecule has 4 heteroatoms. The molecule has 0 radical (unpaired) electrons. The summed E-state index contributed by atoms with van der Waals surface area (Å²) in [6, 6.07) is 28.7. The van der Waals surface area contributed by atoms with Gasteiger partial charge in [-0.15, -0.1) is 0 Å². The molecule has 0 saturated heterocycles. The lowest BCUT2D eigenvalue weighted by Crippen LogP contribution is -2.12. The zero-order valence-electron chi connectivity index (χ0n) is 23.9. The lowest BCUT2D eigenvalue weighted by molar-refractivity contribution is 0.474. The summed E-state index contributed by atoms with van der Waals surface area (Å²) >= 11 is 0. The van der Waals surface area contributed by atoms with Gasteiger partial charge in [0.1, 0.15) is 11.3 Å². The van der Waals surface area contributed by atoms with E-state index in [2.05, 4.69) is 84.0 Å². The Morgan fingerprint density at radius 2 is 1.30 bits per heavy atom. The van der Waals surface area contributed by atoms with E-state index in [1.807, 2.05) is 36.5 Å². The molecule has 0 bridgehead atoms. The fourth-order valence-corrected chi connectivity index (χ4v) is 5.17. The minimum atomic E-state index is -0.0751. The standard InChI is InChI=1S/C36H34N2O2/c1-35(2,3)25-19-23(27-13-9-15-31-33(27)38-34(40-31)28-12-7-8-14-30(28)39)17-24(20-25)29-21-26(36(4,5)6)18-22-11-10-16-37-32(22)29/h7-21,39H,1-6H3. The van der Waals surface area contributed by atoms with Crippen LogP contribution in [0.4, 0.5) is 0 Å². The number of phenolic OH excluding ortho intramolecular Hbond substituents is 1. The molecule has 0 saturated carbocycles. The summed E-state index contributed by atoms with van der Waals surface area (Å²) in [5, 5.41) is 11.6. The van der Waals surface area contributed by atoms with Crippen LogP contribution in [0.25, 0.3) is 55.7 Å². The normalized spacial score (nSPS) is 12.3. The molecule has 0 unspecified atom stereocenters. The lowest BCUT2D eigenvalue weighted by Gasteiger charge is -2.24. The zero-order chi connectivity index (χ0) is 28.2. The van der Waals surface area contributed by atoms with E-state index in [0.717, 1.165) is 38.7 Å². The minimum absolute atomic E-state index is 0.00501. The number of para-hydroxylation sites is 2. The monoisotopic (exact) mass is 526 g/mol. The first-order valence-corrected chi connectivity index (χ1v) is 13.7. The summed E-state index contributed by atoms with van der Waals surface area (Å²) in [5.74, 6) is 0.548. The van der Waals surface area contributed by atoms with Gasteiger partial charge < -0.3 is 9.52 Å². The highest BCUT2D eigenvalue weighted by molar-refractivity contribution is 5.97. The number of aromatic nitrogens is 2. The summed E-state index contributed by atoms with van der Waals surface area (Å²) in [6.07, 6.45) is 1.87. The van der Waals surface area contributed by atoms with Crippen molar-refractivity contribution in [2.24, 2.45) is 0 Å². The summed E-state index contributed by atoms with van der Waals surface area (Å²) < 4.78 is 6.14. The highest BCUT2D eigenvalue weighted by atomic mass is 16.3. The second kappa shape index (κ2) is 9.34. The average Bonchev–Trinajstić information content (AvgIpc) is 3.36. The van der Waals surface area contributed by atoms with Gasteiger partial charge in [-0.3, -0.25) is 4.98 Å². The molecule has 0 fully saturated rings. The van der Waals surface area contributed by atoms with Gasteiger partial charge in [0, 0.05) is 22.7 Å². The van der Waals surface area contributed by atoms with E-state index < -0.39 is 0 Å². The molecule has 2 aromatic heterocycles. The third-order valence-electron chi connectivity index (χ3n) is 7.55. The Morgan fingerprint density at radius 1 is 0.625 bits per heavy atom. The molecule has 4 aromatic carbocycles. The second-order valence-corrected chi connectivity index (χ2v) is 12.6. The molecule has 0 atom stereocenters. The van der Waals surface area contributed by atoms with Crippen molar-refractivity contribution in [2.45, 2.75) is 52.4 Å². The lowest BCUT2D eigenvalue weighted by atomic mass is 9.81. The van der Waals surface area contributed by atoms with Gasteiger partial charge in [-0.1, -0.05) is 84.0 Å². The number of hydrogen-bond donors (Lipinski definition) is 1. The molecule has 200 valence electrons. The van der Waals surface area contributed by atoms with Gasteiger partial charge in [0.25, 0.3) is 0 Å². The van der Waals surface area contributed by atoms with Crippen molar-refractivity contribution in [3.8, 4) is 39.5 Å². The predicted molar refractivity (Wildman–Crippen MR) is 165 cm³/mol. The Morgan fingerprint density at radius 3 is 2.02 bits per heavy atom. The fourth-order valence-electron chi connectivity index (χ4n) is 5.17. The average molecular weight is 527 g/mol. The zero-order valence-corrected chi connectivity index (χ0v) is 23.9. The van der Waals surface area contributed by atoms with Crippen molar-refractivity contribution in [1.29, 1.82) is 0 Å². The summed E-state index contributed by atoms with van der Waals surface area (Å²) in [5.41, 5.74) is 9.74. The molecule has 6 aromatic rings. The Hall–Kier alpha value is -4.44. The largest absolute Gasteiger partial charge is 0.507 e. The summed E-state index contributed by atoms with van der Waals surface area (Å²) in [7, 11) is 0. The number of nitrogens with zero attached hydrogens (tertiary/aromatic N) is 2. The number of oxazole rings is 1. The van der Waals surface area contributed by atoms with Crippen molar-refractivity contribution in [2.75, 3.05) is 0 Å². The van der Waals surface area contributed by atoms with Crippen LogP contribution in [0.1, 0.15) is 52.7 Å². The van der Waals surface area contributed by atoms with Gasteiger partial charge >= 0.3 is 0 Å². The molecule has 1 N–H and O–H groups in total. The van der Waals surface area contributed by atoms with Crippen LogP contribution >= 0.6 is 0 Å². The maximum absolute atomic E-state index is 10.4. The molecular weight excluding hydrogens is 492 g/mol. The van der Waals surface area contributed by atoms with E-state index in [0.29, 0.717) is 17.0 Å². The van der Waals surface area contributed by atoms with Crippen molar-refractivity contribution in [3.63, 3.8) is 0 Å². The van der Waals surface area contributed by atoms with Crippen LogP contribution < -0.4 is 0 Å². The van der Waals surface area contributed by atoms with E-state index in [4.69, 9.17) is 14.4 Å². The minimum Gasteiger partial charge on any atom is -0.507 e. The van der Waals surface area contributed by atoms with E-state index >= 15 is 0 Å². The highest BCUT2D eigenvalue weighted by Gasteiger charge is 2.22.